The lowest BCUT2D eigenvalue weighted by molar-refractivity contribution is 0.385. The van der Waals surface area contributed by atoms with E-state index in [1.807, 2.05) is 4.90 Å². The summed E-state index contributed by atoms with van der Waals surface area (Å²) >= 11 is 0. The molecule has 2 heterocycles. The Kier molecular flexibility index (Phi) is 3.47. The third-order valence-corrected chi connectivity index (χ3v) is 4.56. The maximum atomic E-state index is 13.4. The van der Waals surface area contributed by atoms with Crippen LogP contribution in [0.25, 0.3) is 10.9 Å². The van der Waals surface area contributed by atoms with Gasteiger partial charge in [0.2, 0.25) is 0 Å². The molecule has 1 aromatic heterocycles. The van der Waals surface area contributed by atoms with Crippen LogP contribution in [0.3, 0.4) is 0 Å². The van der Waals surface area contributed by atoms with Crippen molar-refractivity contribution in [3.8, 4) is 0 Å². The lowest BCUT2D eigenvalue weighted by Crippen LogP contribution is -2.51. The Morgan fingerprint density at radius 1 is 1.14 bits per heavy atom. The molecule has 9 heteroatoms. The summed E-state index contributed by atoms with van der Waals surface area (Å²) in [6, 6.07) is 4.32. The highest BCUT2D eigenvalue weighted by atomic mass is 32.2. The first-order chi connectivity index (χ1) is 9.95. The van der Waals surface area contributed by atoms with Gasteiger partial charge < -0.3 is 4.90 Å². The Hall–Kier alpha value is -1.84. The van der Waals surface area contributed by atoms with Crippen LogP contribution in [0.1, 0.15) is 0 Å². The number of aromatic nitrogens is 2. The fourth-order valence-electron chi connectivity index (χ4n) is 2.42. The van der Waals surface area contributed by atoms with Gasteiger partial charge in [-0.25, -0.2) is 19.5 Å². The zero-order valence-electron chi connectivity index (χ0n) is 11.1. The Morgan fingerprint density at radius 3 is 2.52 bits per heavy atom. The molecule has 7 nitrogen and oxygen atoms in total. The van der Waals surface area contributed by atoms with Crippen molar-refractivity contribution in [2.45, 2.75) is 0 Å². The number of nitrogens with two attached hydrogens (primary N) is 1. The third-order valence-electron chi connectivity index (χ3n) is 3.47. The van der Waals surface area contributed by atoms with Crippen LogP contribution in [-0.2, 0) is 10.2 Å². The molecule has 2 aromatic rings. The van der Waals surface area contributed by atoms with E-state index in [2.05, 4.69) is 9.97 Å². The van der Waals surface area contributed by atoms with E-state index >= 15 is 0 Å². The maximum absolute atomic E-state index is 13.4. The molecule has 0 radical (unpaired) electrons. The van der Waals surface area contributed by atoms with E-state index in [0.717, 1.165) is 0 Å². The van der Waals surface area contributed by atoms with Crippen LogP contribution in [0.2, 0.25) is 0 Å². The Labute approximate surface area is 121 Å². The minimum absolute atomic E-state index is 0.277. The lowest BCUT2D eigenvalue weighted by Gasteiger charge is -2.34. The van der Waals surface area contributed by atoms with Gasteiger partial charge in [-0.2, -0.15) is 12.7 Å². The molecule has 112 valence electrons. The number of piperazine rings is 1. The Morgan fingerprint density at radius 2 is 1.86 bits per heavy atom. The topological polar surface area (TPSA) is 92.4 Å². The molecule has 3 rings (SSSR count). The van der Waals surface area contributed by atoms with E-state index in [9.17, 15) is 12.8 Å². The number of fused-ring (bicyclic) bond motifs is 1. The molecule has 0 unspecified atom stereocenters. The van der Waals surface area contributed by atoms with Gasteiger partial charge in [-0.1, -0.05) is 0 Å². The molecule has 0 atom stereocenters. The zero-order chi connectivity index (χ0) is 15.0. The minimum Gasteiger partial charge on any atom is -0.353 e. The Balaban J connectivity index is 1.91. The Bertz CT molecular complexity index is 774. The van der Waals surface area contributed by atoms with E-state index in [0.29, 0.717) is 29.8 Å². The second kappa shape index (κ2) is 5.17. The van der Waals surface area contributed by atoms with E-state index in [1.54, 1.807) is 6.07 Å². The molecule has 1 saturated heterocycles. The van der Waals surface area contributed by atoms with Gasteiger partial charge in [0.05, 0.1) is 5.52 Å². The molecule has 0 aliphatic carbocycles. The van der Waals surface area contributed by atoms with Crippen LogP contribution in [0.15, 0.2) is 24.5 Å². The summed E-state index contributed by atoms with van der Waals surface area (Å²) < 4.78 is 37.2. The van der Waals surface area contributed by atoms with Crippen molar-refractivity contribution in [1.29, 1.82) is 0 Å². The van der Waals surface area contributed by atoms with E-state index < -0.39 is 10.2 Å². The molecule has 1 fully saturated rings. The van der Waals surface area contributed by atoms with Crippen molar-refractivity contribution >= 4 is 26.9 Å². The highest BCUT2D eigenvalue weighted by molar-refractivity contribution is 7.86. The molecular formula is C12H14FN5O2S. The summed E-state index contributed by atoms with van der Waals surface area (Å²) in [4.78, 5) is 10.2. The van der Waals surface area contributed by atoms with E-state index in [4.69, 9.17) is 5.14 Å². The first kappa shape index (κ1) is 14.1. The summed E-state index contributed by atoms with van der Waals surface area (Å²) in [5.74, 6) is 0.246. The fraction of sp³-hybridized carbons (Fsp3) is 0.333. The summed E-state index contributed by atoms with van der Waals surface area (Å²) in [6.45, 7) is 1.44. The number of nitrogens with zero attached hydrogens (tertiary/aromatic N) is 4. The number of halogens is 1. The number of benzene rings is 1. The van der Waals surface area contributed by atoms with Crippen molar-refractivity contribution in [3.63, 3.8) is 0 Å². The standard InChI is InChI=1S/C12H14FN5O2S/c13-9-1-2-11-10(7-9)12(16-8-15-11)17-3-5-18(6-4-17)21(14,19)20/h1-2,7-8H,3-6H2,(H2,14,19,20). The number of anilines is 1. The molecule has 2 N–H and O–H groups in total. The summed E-state index contributed by atoms with van der Waals surface area (Å²) in [5.41, 5.74) is 0.648. The van der Waals surface area contributed by atoms with Crippen LogP contribution < -0.4 is 10.0 Å². The summed E-state index contributed by atoms with van der Waals surface area (Å²) in [7, 11) is -3.67. The molecular weight excluding hydrogens is 297 g/mol. The normalized spacial score (nSPS) is 17.3. The molecule has 1 aliphatic rings. The smallest absolute Gasteiger partial charge is 0.277 e. The maximum Gasteiger partial charge on any atom is 0.277 e. The van der Waals surface area contributed by atoms with Crippen molar-refractivity contribution in [2.24, 2.45) is 5.14 Å². The van der Waals surface area contributed by atoms with Crippen LogP contribution in [0, 0.1) is 5.82 Å². The minimum atomic E-state index is -3.67. The average Bonchev–Trinajstić information content (AvgIpc) is 2.46. The molecule has 0 amide bonds. The summed E-state index contributed by atoms with van der Waals surface area (Å²) in [6.07, 6.45) is 1.42. The van der Waals surface area contributed by atoms with Gasteiger partial charge in [0, 0.05) is 31.6 Å². The molecule has 0 spiro atoms. The van der Waals surface area contributed by atoms with Gasteiger partial charge in [-0.05, 0) is 18.2 Å². The monoisotopic (exact) mass is 311 g/mol. The van der Waals surface area contributed by atoms with Crippen LogP contribution >= 0.6 is 0 Å². The number of hydrogen-bond donors (Lipinski definition) is 1. The average molecular weight is 311 g/mol. The second-order valence-corrected chi connectivity index (χ2v) is 6.34. The first-order valence-corrected chi connectivity index (χ1v) is 7.88. The molecule has 0 bridgehead atoms. The molecule has 1 aliphatic heterocycles. The van der Waals surface area contributed by atoms with Gasteiger partial charge in [0.1, 0.15) is 18.0 Å². The lowest BCUT2D eigenvalue weighted by atomic mass is 10.2. The van der Waals surface area contributed by atoms with Crippen LogP contribution in [-0.4, -0.2) is 48.9 Å². The predicted molar refractivity (Wildman–Crippen MR) is 76.4 cm³/mol. The van der Waals surface area contributed by atoms with Crippen molar-refractivity contribution in [1.82, 2.24) is 14.3 Å². The van der Waals surface area contributed by atoms with Crippen molar-refractivity contribution in [3.05, 3.63) is 30.3 Å². The first-order valence-electron chi connectivity index (χ1n) is 6.38. The second-order valence-electron chi connectivity index (χ2n) is 4.79. The quantitative estimate of drug-likeness (QED) is 0.849. The van der Waals surface area contributed by atoms with Gasteiger partial charge >= 0.3 is 0 Å². The van der Waals surface area contributed by atoms with Crippen molar-refractivity contribution < 1.29 is 12.8 Å². The summed E-state index contributed by atoms with van der Waals surface area (Å²) in [5, 5.41) is 5.72. The molecule has 0 saturated carbocycles. The number of hydrogen-bond acceptors (Lipinski definition) is 5. The SMILES string of the molecule is NS(=O)(=O)N1CCN(c2ncnc3ccc(F)cc23)CC1. The molecule has 21 heavy (non-hydrogen) atoms. The van der Waals surface area contributed by atoms with E-state index in [1.165, 1.54) is 22.8 Å². The largest absolute Gasteiger partial charge is 0.353 e. The van der Waals surface area contributed by atoms with Crippen LogP contribution in [0.4, 0.5) is 10.2 Å². The highest BCUT2D eigenvalue weighted by Gasteiger charge is 2.25. The molecule has 1 aromatic carbocycles. The van der Waals surface area contributed by atoms with Gasteiger partial charge in [0.25, 0.3) is 10.2 Å². The van der Waals surface area contributed by atoms with Crippen LogP contribution in [0.5, 0.6) is 0 Å². The van der Waals surface area contributed by atoms with Gasteiger partial charge in [-0.15, -0.1) is 0 Å². The van der Waals surface area contributed by atoms with Crippen molar-refractivity contribution in [2.75, 3.05) is 31.1 Å². The van der Waals surface area contributed by atoms with Gasteiger partial charge in [-0.3, -0.25) is 0 Å². The highest BCUT2D eigenvalue weighted by Crippen LogP contribution is 2.24. The van der Waals surface area contributed by atoms with E-state index in [-0.39, 0.29) is 18.9 Å². The number of rotatable bonds is 2. The zero-order valence-corrected chi connectivity index (χ0v) is 11.9. The third kappa shape index (κ3) is 2.80. The predicted octanol–water partition coefficient (Wildman–Crippen LogP) is 0.0944. The van der Waals surface area contributed by atoms with Gasteiger partial charge in [0.15, 0.2) is 0 Å². The fourth-order valence-corrected chi connectivity index (χ4v) is 3.09.